The van der Waals surface area contributed by atoms with E-state index < -0.39 is 0 Å². The van der Waals surface area contributed by atoms with E-state index in [1.54, 1.807) is 11.3 Å². The van der Waals surface area contributed by atoms with Crippen LogP contribution < -0.4 is 10.1 Å². The number of hydrogen-bond donors (Lipinski definition) is 1. The molecule has 0 spiro atoms. The van der Waals surface area contributed by atoms with E-state index in [0.717, 1.165) is 36.8 Å². The van der Waals surface area contributed by atoms with Gasteiger partial charge in [-0.25, -0.2) is 0 Å². The molecule has 1 aromatic carbocycles. The van der Waals surface area contributed by atoms with E-state index >= 15 is 0 Å². The maximum atomic E-state index is 5.94. The molecule has 2 aromatic rings. The lowest BCUT2D eigenvalue weighted by Crippen LogP contribution is -2.39. The second-order valence-electron chi connectivity index (χ2n) is 6.41. The Balaban J connectivity index is 1.87. The summed E-state index contributed by atoms with van der Waals surface area (Å²) in [5.41, 5.74) is 1.14. The molecule has 0 aliphatic heterocycles. The van der Waals surface area contributed by atoms with Crippen molar-refractivity contribution in [2.75, 3.05) is 47.9 Å². The van der Waals surface area contributed by atoms with Gasteiger partial charge in [0.15, 0.2) is 5.96 Å². The van der Waals surface area contributed by atoms with Crippen LogP contribution in [0.15, 0.2) is 46.8 Å². The zero-order valence-corrected chi connectivity index (χ0v) is 17.1. The number of thiophene rings is 1. The molecule has 1 N–H and O–H groups in total. The van der Waals surface area contributed by atoms with Gasteiger partial charge in [0.05, 0.1) is 0 Å². The van der Waals surface area contributed by atoms with Gasteiger partial charge in [-0.15, -0.1) is 11.3 Å². The fourth-order valence-corrected chi connectivity index (χ4v) is 3.22. The van der Waals surface area contributed by atoms with Gasteiger partial charge in [-0.3, -0.25) is 4.99 Å². The van der Waals surface area contributed by atoms with Crippen LogP contribution in [0.4, 0.5) is 0 Å². The van der Waals surface area contributed by atoms with Gasteiger partial charge in [0.2, 0.25) is 0 Å². The summed E-state index contributed by atoms with van der Waals surface area (Å²) in [5.74, 6) is 1.82. The van der Waals surface area contributed by atoms with Crippen LogP contribution in [0.1, 0.15) is 10.4 Å². The van der Waals surface area contributed by atoms with E-state index in [4.69, 9.17) is 4.74 Å². The van der Waals surface area contributed by atoms with Gasteiger partial charge in [0, 0.05) is 44.2 Å². The third-order valence-electron chi connectivity index (χ3n) is 4.05. The highest BCUT2D eigenvalue weighted by Crippen LogP contribution is 2.17. The van der Waals surface area contributed by atoms with Crippen LogP contribution in [-0.2, 0) is 13.0 Å². The van der Waals surface area contributed by atoms with Crippen molar-refractivity contribution >= 4 is 17.3 Å². The molecular formula is C20H30N4OS. The van der Waals surface area contributed by atoms with Crippen LogP contribution in [0.3, 0.4) is 0 Å². The number of ether oxygens (including phenoxy) is 1. The second-order valence-corrected chi connectivity index (χ2v) is 7.44. The van der Waals surface area contributed by atoms with E-state index in [9.17, 15) is 0 Å². The molecule has 0 radical (unpaired) electrons. The minimum atomic E-state index is 0.680. The minimum absolute atomic E-state index is 0.680. The van der Waals surface area contributed by atoms with Gasteiger partial charge in [-0.05, 0) is 38.0 Å². The number of hydrogen-bond acceptors (Lipinski definition) is 4. The van der Waals surface area contributed by atoms with Gasteiger partial charge in [-0.1, -0.05) is 24.3 Å². The van der Waals surface area contributed by atoms with E-state index in [-0.39, 0.29) is 0 Å². The lowest BCUT2D eigenvalue weighted by atomic mass is 10.2. The Kier molecular flexibility index (Phi) is 8.44. The molecule has 0 unspecified atom stereocenters. The Morgan fingerprint density at radius 2 is 1.92 bits per heavy atom. The molecule has 142 valence electrons. The Morgan fingerprint density at radius 3 is 2.62 bits per heavy atom. The highest BCUT2D eigenvalue weighted by atomic mass is 32.1. The lowest BCUT2D eigenvalue weighted by Gasteiger charge is -2.22. The first kappa shape index (κ1) is 20.3. The SMILES string of the molecule is CN=C(NCc1ccccc1OCCN(C)C)N(C)CCc1cccs1. The zero-order chi connectivity index (χ0) is 18.8. The zero-order valence-electron chi connectivity index (χ0n) is 16.2. The molecule has 5 nitrogen and oxygen atoms in total. The number of benzene rings is 1. The van der Waals surface area contributed by atoms with Gasteiger partial charge in [0.1, 0.15) is 12.4 Å². The molecule has 26 heavy (non-hydrogen) atoms. The Bertz CT molecular complexity index is 670. The first-order chi connectivity index (χ1) is 12.6. The van der Waals surface area contributed by atoms with Crippen LogP contribution in [0.5, 0.6) is 5.75 Å². The minimum Gasteiger partial charge on any atom is -0.492 e. The van der Waals surface area contributed by atoms with Crippen LogP contribution in [-0.4, -0.2) is 63.6 Å². The topological polar surface area (TPSA) is 40.1 Å². The summed E-state index contributed by atoms with van der Waals surface area (Å²) in [7, 11) is 7.99. The summed E-state index contributed by atoms with van der Waals surface area (Å²) in [6, 6.07) is 12.4. The maximum Gasteiger partial charge on any atom is 0.193 e. The van der Waals surface area contributed by atoms with Gasteiger partial charge >= 0.3 is 0 Å². The van der Waals surface area contributed by atoms with Gasteiger partial charge < -0.3 is 19.9 Å². The number of nitrogens with one attached hydrogen (secondary N) is 1. The fraction of sp³-hybridized carbons (Fsp3) is 0.450. The monoisotopic (exact) mass is 374 g/mol. The molecule has 2 rings (SSSR count). The van der Waals surface area contributed by atoms with Crippen LogP contribution in [0.2, 0.25) is 0 Å². The number of likely N-dealkylation sites (N-methyl/N-ethyl adjacent to an activating group) is 2. The average molecular weight is 375 g/mol. The molecule has 0 saturated carbocycles. The normalized spacial score (nSPS) is 11.7. The molecule has 0 fully saturated rings. The molecule has 1 aromatic heterocycles. The largest absolute Gasteiger partial charge is 0.492 e. The molecule has 1 heterocycles. The van der Waals surface area contributed by atoms with Crippen LogP contribution in [0, 0.1) is 0 Å². The van der Waals surface area contributed by atoms with Crippen molar-refractivity contribution in [3.63, 3.8) is 0 Å². The van der Waals surface area contributed by atoms with Crippen LogP contribution in [0.25, 0.3) is 0 Å². The molecular weight excluding hydrogens is 344 g/mol. The Hall–Kier alpha value is -2.05. The molecule has 0 aliphatic carbocycles. The number of para-hydroxylation sites is 1. The van der Waals surface area contributed by atoms with Crippen molar-refractivity contribution in [2.24, 2.45) is 4.99 Å². The van der Waals surface area contributed by atoms with E-state index in [2.05, 4.69) is 50.7 Å². The van der Waals surface area contributed by atoms with E-state index in [1.165, 1.54) is 4.88 Å². The molecule has 0 aliphatic rings. The van der Waals surface area contributed by atoms with Crippen molar-refractivity contribution in [3.05, 3.63) is 52.2 Å². The smallest absolute Gasteiger partial charge is 0.193 e. The maximum absolute atomic E-state index is 5.94. The highest BCUT2D eigenvalue weighted by molar-refractivity contribution is 7.09. The van der Waals surface area contributed by atoms with Crippen molar-refractivity contribution in [2.45, 2.75) is 13.0 Å². The Labute approximate surface area is 161 Å². The first-order valence-electron chi connectivity index (χ1n) is 8.89. The average Bonchev–Trinajstić information content (AvgIpc) is 3.15. The number of nitrogens with zero attached hydrogens (tertiary/aromatic N) is 3. The van der Waals surface area contributed by atoms with Crippen molar-refractivity contribution in [1.82, 2.24) is 15.1 Å². The summed E-state index contributed by atoms with van der Waals surface area (Å²) >= 11 is 1.80. The summed E-state index contributed by atoms with van der Waals surface area (Å²) in [6.07, 6.45) is 1.03. The summed E-state index contributed by atoms with van der Waals surface area (Å²) < 4.78 is 5.94. The van der Waals surface area contributed by atoms with Crippen LogP contribution >= 0.6 is 11.3 Å². The molecule has 0 amide bonds. The van der Waals surface area contributed by atoms with Gasteiger partial charge in [-0.2, -0.15) is 0 Å². The number of guanidine groups is 1. The molecule has 0 bridgehead atoms. The summed E-state index contributed by atoms with van der Waals surface area (Å²) in [4.78, 5) is 10.1. The first-order valence-corrected chi connectivity index (χ1v) is 9.77. The van der Waals surface area contributed by atoms with Crippen molar-refractivity contribution in [1.29, 1.82) is 0 Å². The number of rotatable bonds is 9. The number of aliphatic imine (C=N–C) groups is 1. The van der Waals surface area contributed by atoms with E-state index in [1.807, 2.05) is 39.3 Å². The second kappa shape index (κ2) is 10.8. The van der Waals surface area contributed by atoms with Crippen molar-refractivity contribution < 1.29 is 4.74 Å². The standard InChI is InChI=1S/C20H30N4OS/c1-21-20(24(4)12-11-18-9-7-15-26-18)22-16-17-8-5-6-10-19(17)25-14-13-23(2)3/h5-10,15H,11-14,16H2,1-4H3,(H,21,22). The third kappa shape index (κ3) is 6.69. The predicted molar refractivity (Wildman–Crippen MR) is 111 cm³/mol. The predicted octanol–water partition coefficient (Wildman–Crippen LogP) is 2.94. The van der Waals surface area contributed by atoms with E-state index in [0.29, 0.717) is 13.2 Å². The summed E-state index contributed by atoms with van der Waals surface area (Å²) in [6.45, 7) is 3.20. The molecule has 0 atom stereocenters. The highest BCUT2D eigenvalue weighted by Gasteiger charge is 2.09. The molecule has 0 saturated heterocycles. The van der Waals surface area contributed by atoms with Gasteiger partial charge in [0.25, 0.3) is 0 Å². The lowest BCUT2D eigenvalue weighted by molar-refractivity contribution is 0.259. The molecule has 6 heteroatoms. The summed E-state index contributed by atoms with van der Waals surface area (Å²) in [5, 5.41) is 5.56. The Morgan fingerprint density at radius 1 is 1.12 bits per heavy atom. The quantitative estimate of drug-likeness (QED) is 0.541. The third-order valence-corrected chi connectivity index (χ3v) is 4.99. The van der Waals surface area contributed by atoms with Crippen molar-refractivity contribution in [3.8, 4) is 5.75 Å². The fourth-order valence-electron chi connectivity index (χ4n) is 2.53.